The number of rotatable bonds is 12. The van der Waals surface area contributed by atoms with Gasteiger partial charge in [0.25, 0.3) is 0 Å². The number of halogens is 1. The molecule has 0 aliphatic carbocycles. The normalized spacial score (nSPS) is 10.8. The number of unbranched alkanes of at least 4 members (excludes halogenated alkanes) is 3. The van der Waals surface area contributed by atoms with Gasteiger partial charge >= 0.3 is 5.97 Å². The lowest BCUT2D eigenvalue weighted by Crippen LogP contribution is -2.38. The van der Waals surface area contributed by atoms with E-state index >= 15 is 0 Å². The van der Waals surface area contributed by atoms with Gasteiger partial charge in [-0.3, -0.25) is 9.79 Å². The zero-order valence-corrected chi connectivity index (χ0v) is 18.5. The summed E-state index contributed by atoms with van der Waals surface area (Å²) in [6.07, 6.45) is 6.84. The van der Waals surface area contributed by atoms with E-state index in [4.69, 9.17) is 4.74 Å². The minimum absolute atomic E-state index is 0. The van der Waals surface area contributed by atoms with Crippen LogP contribution in [0.2, 0.25) is 0 Å². The van der Waals surface area contributed by atoms with Gasteiger partial charge in [0.15, 0.2) is 5.96 Å². The van der Waals surface area contributed by atoms with Crippen LogP contribution in [-0.4, -0.2) is 38.7 Å². The fourth-order valence-electron chi connectivity index (χ4n) is 2.55. The van der Waals surface area contributed by atoms with Crippen molar-refractivity contribution in [1.29, 1.82) is 0 Å². The highest BCUT2D eigenvalue weighted by Gasteiger charge is 2.01. The predicted molar refractivity (Wildman–Crippen MR) is 119 cm³/mol. The van der Waals surface area contributed by atoms with E-state index in [1.807, 2.05) is 13.0 Å². The van der Waals surface area contributed by atoms with Crippen LogP contribution in [0.25, 0.3) is 0 Å². The van der Waals surface area contributed by atoms with E-state index in [2.05, 4.69) is 39.9 Å². The molecule has 2 N–H and O–H groups in total. The number of esters is 1. The topological polar surface area (TPSA) is 62.7 Å². The number of hydrogen-bond donors (Lipinski definition) is 2. The van der Waals surface area contributed by atoms with Gasteiger partial charge in [-0.1, -0.05) is 43.2 Å². The molecule has 1 aromatic rings. The Morgan fingerprint density at radius 1 is 1.00 bits per heavy atom. The second-order valence-corrected chi connectivity index (χ2v) is 5.98. The zero-order valence-electron chi connectivity index (χ0n) is 16.1. The molecule has 1 aromatic carbocycles. The zero-order chi connectivity index (χ0) is 18.2. The molecule has 0 saturated heterocycles. The monoisotopic (exact) mass is 475 g/mol. The Hall–Kier alpha value is -1.31. The molecule has 0 heterocycles. The fourth-order valence-corrected chi connectivity index (χ4v) is 2.55. The van der Waals surface area contributed by atoms with Crippen LogP contribution >= 0.6 is 24.0 Å². The van der Waals surface area contributed by atoms with Gasteiger partial charge in [-0.15, -0.1) is 24.0 Å². The first kappa shape index (κ1) is 24.7. The van der Waals surface area contributed by atoms with Crippen molar-refractivity contribution >= 4 is 35.9 Å². The summed E-state index contributed by atoms with van der Waals surface area (Å²) in [6.45, 7) is 4.12. The van der Waals surface area contributed by atoms with Crippen molar-refractivity contribution in [3.8, 4) is 0 Å². The number of guanidine groups is 1. The predicted octanol–water partition coefficient (Wildman–Crippen LogP) is 3.92. The molecule has 0 aliphatic heterocycles. The lowest BCUT2D eigenvalue weighted by atomic mass is 10.1. The van der Waals surface area contributed by atoms with Crippen molar-refractivity contribution in [2.45, 2.75) is 51.9 Å². The van der Waals surface area contributed by atoms with Gasteiger partial charge in [0, 0.05) is 26.6 Å². The maximum absolute atomic E-state index is 11.2. The molecule has 0 spiro atoms. The number of aliphatic imine (C=N–C) groups is 1. The summed E-state index contributed by atoms with van der Waals surface area (Å²) in [5, 5.41) is 6.68. The minimum Gasteiger partial charge on any atom is -0.466 e. The Kier molecular flexibility index (Phi) is 16.3. The number of carbonyl (C=O) groups excluding carboxylic acids is 1. The highest BCUT2D eigenvalue weighted by atomic mass is 127. The second kappa shape index (κ2) is 17.1. The first-order valence-corrected chi connectivity index (χ1v) is 9.40. The Labute approximate surface area is 175 Å². The largest absolute Gasteiger partial charge is 0.466 e. The molecule has 0 amide bonds. The van der Waals surface area contributed by atoms with Gasteiger partial charge in [0.2, 0.25) is 0 Å². The van der Waals surface area contributed by atoms with Gasteiger partial charge in [0.05, 0.1) is 6.61 Å². The van der Waals surface area contributed by atoms with E-state index in [0.717, 1.165) is 57.6 Å². The quantitative estimate of drug-likeness (QED) is 0.158. The highest BCUT2D eigenvalue weighted by Crippen LogP contribution is 2.04. The van der Waals surface area contributed by atoms with E-state index in [-0.39, 0.29) is 29.9 Å². The van der Waals surface area contributed by atoms with E-state index in [1.165, 1.54) is 5.56 Å². The number of carbonyl (C=O) groups is 1. The smallest absolute Gasteiger partial charge is 0.305 e. The van der Waals surface area contributed by atoms with Gasteiger partial charge < -0.3 is 15.4 Å². The Morgan fingerprint density at radius 2 is 1.65 bits per heavy atom. The minimum atomic E-state index is -0.0827. The van der Waals surface area contributed by atoms with Crippen LogP contribution in [-0.2, 0) is 16.0 Å². The maximum Gasteiger partial charge on any atom is 0.305 e. The van der Waals surface area contributed by atoms with Crippen molar-refractivity contribution in [3.63, 3.8) is 0 Å². The molecule has 0 fully saturated rings. The summed E-state index contributed by atoms with van der Waals surface area (Å²) >= 11 is 0. The molecule has 5 nitrogen and oxygen atoms in total. The molecule has 26 heavy (non-hydrogen) atoms. The number of nitrogens with one attached hydrogen (secondary N) is 2. The van der Waals surface area contributed by atoms with E-state index in [0.29, 0.717) is 13.0 Å². The molecule has 0 aliphatic rings. The first-order chi connectivity index (χ1) is 12.3. The molecule has 0 atom stereocenters. The summed E-state index contributed by atoms with van der Waals surface area (Å²) < 4.78 is 4.92. The molecule has 1 rings (SSSR count). The number of nitrogens with zero attached hydrogens (tertiary/aromatic N) is 1. The van der Waals surface area contributed by atoms with Crippen LogP contribution in [0.5, 0.6) is 0 Å². The van der Waals surface area contributed by atoms with Gasteiger partial charge in [-0.25, -0.2) is 0 Å². The van der Waals surface area contributed by atoms with Crippen molar-refractivity contribution < 1.29 is 9.53 Å². The summed E-state index contributed by atoms with van der Waals surface area (Å²) in [6, 6.07) is 10.5. The SMILES string of the molecule is CCOC(=O)CCCCCCNC(=NC)NCCCc1ccccc1.I. The molecule has 148 valence electrons. The van der Waals surface area contributed by atoms with Crippen molar-refractivity contribution in [3.05, 3.63) is 35.9 Å². The molecule has 0 radical (unpaired) electrons. The molecule has 0 saturated carbocycles. The van der Waals surface area contributed by atoms with Crippen molar-refractivity contribution in [1.82, 2.24) is 10.6 Å². The standard InChI is InChI=1S/C20H33N3O2.HI/c1-3-25-19(24)15-9-4-5-10-16-22-20(21-2)23-17-11-14-18-12-7-6-8-13-18;/h6-8,12-13H,3-5,9-11,14-17H2,1-2H3,(H2,21,22,23);1H. The van der Waals surface area contributed by atoms with Gasteiger partial charge in [-0.2, -0.15) is 0 Å². The molecular weight excluding hydrogens is 441 g/mol. The van der Waals surface area contributed by atoms with Crippen molar-refractivity contribution in [2.75, 3.05) is 26.7 Å². The van der Waals surface area contributed by atoms with Gasteiger partial charge in [0.1, 0.15) is 0 Å². The van der Waals surface area contributed by atoms with Crippen LogP contribution in [0.1, 0.15) is 51.0 Å². The molecular formula is C20H34IN3O2. The third-order valence-electron chi connectivity index (χ3n) is 3.91. The third-order valence-corrected chi connectivity index (χ3v) is 3.91. The van der Waals surface area contributed by atoms with Crippen LogP contribution in [0, 0.1) is 0 Å². The van der Waals surface area contributed by atoms with Crippen LogP contribution in [0.3, 0.4) is 0 Å². The fraction of sp³-hybridized carbons (Fsp3) is 0.600. The summed E-state index contributed by atoms with van der Waals surface area (Å²) in [5.74, 6) is 0.778. The third kappa shape index (κ3) is 13.0. The average Bonchev–Trinajstić information content (AvgIpc) is 2.63. The van der Waals surface area contributed by atoms with Crippen LogP contribution in [0.15, 0.2) is 35.3 Å². The number of benzene rings is 1. The molecule has 6 heteroatoms. The van der Waals surface area contributed by atoms with E-state index in [9.17, 15) is 4.79 Å². The van der Waals surface area contributed by atoms with Crippen molar-refractivity contribution in [2.24, 2.45) is 4.99 Å². The molecule has 0 bridgehead atoms. The molecule has 0 unspecified atom stereocenters. The summed E-state index contributed by atoms with van der Waals surface area (Å²) in [5.41, 5.74) is 1.37. The second-order valence-electron chi connectivity index (χ2n) is 5.98. The van der Waals surface area contributed by atoms with E-state index < -0.39 is 0 Å². The maximum atomic E-state index is 11.2. The Bertz CT molecular complexity index is 495. The lowest BCUT2D eigenvalue weighted by Gasteiger charge is -2.11. The van der Waals surface area contributed by atoms with Gasteiger partial charge in [-0.05, 0) is 38.2 Å². The van der Waals surface area contributed by atoms with Crippen LogP contribution < -0.4 is 10.6 Å². The average molecular weight is 475 g/mol. The Morgan fingerprint density at radius 3 is 2.31 bits per heavy atom. The first-order valence-electron chi connectivity index (χ1n) is 9.40. The van der Waals surface area contributed by atoms with E-state index in [1.54, 1.807) is 7.05 Å². The molecule has 0 aromatic heterocycles. The number of hydrogen-bond acceptors (Lipinski definition) is 3. The Balaban J connectivity index is 0.00000625. The lowest BCUT2D eigenvalue weighted by molar-refractivity contribution is -0.143. The number of ether oxygens (including phenoxy) is 1. The van der Waals surface area contributed by atoms with Crippen LogP contribution in [0.4, 0.5) is 0 Å². The number of aryl methyl sites for hydroxylation is 1. The summed E-state index contributed by atoms with van der Waals surface area (Å²) in [7, 11) is 1.80. The highest BCUT2D eigenvalue weighted by molar-refractivity contribution is 14.0. The summed E-state index contributed by atoms with van der Waals surface area (Å²) in [4.78, 5) is 15.5.